The smallest absolute Gasteiger partial charge is 0.345 e. The Hall–Kier alpha value is -8.76. The minimum atomic E-state index is -1.52. The molecule has 2 saturated heterocycles. The van der Waals surface area contributed by atoms with E-state index in [9.17, 15) is 52.2 Å². The number of thiophene rings is 2. The first kappa shape index (κ1) is 66.2. The highest BCUT2D eigenvalue weighted by molar-refractivity contribution is 7.21. The molecule has 6 heterocycles. The lowest BCUT2D eigenvalue weighted by atomic mass is 10.0. The average Bonchev–Trinajstić information content (AvgIpc) is 1.71. The first-order chi connectivity index (χ1) is 41.5. The number of carboxylic acid groups (broad SMARTS) is 1. The van der Waals surface area contributed by atoms with E-state index in [2.05, 4.69) is 26.1 Å². The van der Waals surface area contributed by atoms with Crippen LogP contribution in [0.25, 0.3) is 42.7 Å². The number of halogens is 6. The molecule has 4 fully saturated rings. The van der Waals surface area contributed by atoms with Crippen molar-refractivity contribution in [2.45, 2.75) is 103 Å². The highest BCUT2D eigenvalue weighted by Crippen LogP contribution is 2.37. The molecule has 2 aliphatic heterocycles. The van der Waals surface area contributed by atoms with E-state index in [1.165, 1.54) is 60.0 Å². The number of aromatic nitrogens is 4. The largest absolute Gasteiger partial charge is 0.477 e. The highest BCUT2D eigenvalue weighted by Gasteiger charge is 2.42. The molecule has 7 amide bonds. The monoisotopic (exact) mass is 1300 g/mol. The molecule has 4 aromatic heterocycles. The number of anilines is 2. The summed E-state index contributed by atoms with van der Waals surface area (Å²) in [5, 5.41) is 26.0. The van der Waals surface area contributed by atoms with Crippen LogP contribution in [-0.4, -0.2) is 131 Å². The van der Waals surface area contributed by atoms with E-state index < -0.39 is 97.1 Å². The molecule has 0 radical (unpaired) electrons. The van der Waals surface area contributed by atoms with Crippen molar-refractivity contribution in [1.29, 1.82) is 0 Å². The van der Waals surface area contributed by atoms with E-state index >= 15 is 8.78 Å². The standard InChI is InChI=1S/C29H25ClF2N6O4S.C26H20ClF2N5O5S.C3H7N.2CH4/c30-18-6-2-1-4-16(18)17-5-3-7-19(24(17)32)35-28(41)21-10-14(31)12-37(21)23(39)13-38-20-11-22(29(42)34-15-8-9-15)43-26(20)25(36-38)27(33)40;27-15-6-2-1-4-13(15)14-5-3-7-16(21(14)29)31-25(37)18-8-12(28)10-33(18)20(35)11-34-17-9-19(26(38)39)40-23(17)22(32-34)24(30)36;4-3-1-2-3;;/h1-7,11,14-15,21H,8-10,12-13H2,(H2,33,40)(H,34,42)(H,35,41);1-7,9,12,18H,8,10-11H2,(H2,30,36)(H,31,37)(H,38,39);3H,1-2,4H2;2*1H4/t14-,21+;12-,18+;;;/m11.../s1. The molecule has 8 aromatic rings. The van der Waals surface area contributed by atoms with Gasteiger partial charge in [-0.2, -0.15) is 10.2 Å². The summed E-state index contributed by atoms with van der Waals surface area (Å²) in [5.41, 5.74) is 17.1. The van der Waals surface area contributed by atoms with Gasteiger partial charge in [0.1, 0.15) is 42.4 Å². The Balaban J connectivity index is 0.000000212. The van der Waals surface area contributed by atoms with E-state index in [1.807, 2.05) is 0 Å². The fraction of sp³-hybridized carbons (Fsp3) is 0.300. The number of carbonyl (C=O) groups excluding carboxylic acids is 7. The lowest BCUT2D eigenvalue weighted by molar-refractivity contribution is -0.137. The van der Waals surface area contributed by atoms with Crippen molar-refractivity contribution in [3.8, 4) is 22.3 Å². The van der Waals surface area contributed by atoms with Crippen LogP contribution in [0.4, 0.5) is 28.9 Å². The van der Waals surface area contributed by atoms with Crippen LogP contribution in [0.15, 0.2) is 97.1 Å². The van der Waals surface area contributed by atoms with E-state index in [4.69, 9.17) is 40.4 Å². The zero-order valence-electron chi connectivity index (χ0n) is 45.5. The van der Waals surface area contributed by atoms with Crippen LogP contribution >= 0.6 is 45.9 Å². The molecule has 4 aliphatic rings. The Labute approximate surface area is 524 Å². The Kier molecular flexibility index (Phi) is 20.6. The maximum atomic E-state index is 15.4. The molecule has 0 bridgehead atoms. The van der Waals surface area contributed by atoms with Crippen LogP contribution in [0.3, 0.4) is 0 Å². The van der Waals surface area contributed by atoms with Crippen LogP contribution < -0.4 is 33.2 Å². The third kappa shape index (κ3) is 14.7. The van der Waals surface area contributed by atoms with Crippen molar-refractivity contribution >= 4 is 125 Å². The van der Waals surface area contributed by atoms with Gasteiger partial charge in [-0.25, -0.2) is 22.4 Å². The van der Waals surface area contributed by atoms with Crippen LogP contribution in [0.5, 0.6) is 0 Å². The Morgan fingerprint density at radius 1 is 0.596 bits per heavy atom. The van der Waals surface area contributed by atoms with Crippen LogP contribution in [-0.2, 0) is 32.3 Å². The molecule has 0 unspecified atom stereocenters. The van der Waals surface area contributed by atoms with Gasteiger partial charge in [0.25, 0.3) is 17.7 Å². The molecule has 2 aliphatic carbocycles. The van der Waals surface area contributed by atoms with Crippen molar-refractivity contribution in [3.63, 3.8) is 0 Å². The quantitative estimate of drug-likeness (QED) is 0.0472. The number of primary amides is 2. The van der Waals surface area contributed by atoms with E-state index in [0.29, 0.717) is 42.3 Å². The first-order valence-electron chi connectivity index (χ1n) is 27.0. The summed E-state index contributed by atoms with van der Waals surface area (Å²) in [6.45, 7) is -1.72. The third-order valence-corrected chi connectivity index (χ3v) is 17.4. The van der Waals surface area contributed by atoms with Crippen molar-refractivity contribution in [1.82, 2.24) is 34.7 Å². The lowest BCUT2D eigenvalue weighted by Gasteiger charge is -2.24. The van der Waals surface area contributed by atoms with Gasteiger partial charge in [0.2, 0.25) is 23.6 Å². The number of fused-ring (bicyclic) bond motifs is 2. The van der Waals surface area contributed by atoms with Gasteiger partial charge in [0, 0.05) is 57.2 Å². The van der Waals surface area contributed by atoms with Gasteiger partial charge in [0.05, 0.1) is 49.8 Å². The number of rotatable bonds is 15. The van der Waals surface area contributed by atoms with E-state index in [1.54, 1.807) is 54.6 Å². The number of carbonyl (C=O) groups is 8. The number of amides is 7. The predicted molar refractivity (Wildman–Crippen MR) is 331 cm³/mol. The van der Waals surface area contributed by atoms with Crippen molar-refractivity contribution in [2.24, 2.45) is 17.2 Å². The average molecular weight is 1300 g/mol. The van der Waals surface area contributed by atoms with Crippen LogP contribution in [0.1, 0.15) is 93.7 Å². The number of likely N-dealkylation sites (tertiary alicyclic amines) is 2. The third-order valence-electron chi connectivity index (χ3n) is 14.4. The molecule has 21 nitrogen and oxygen atoms in total. The molecule has 4 atom stereocenters. The number of nitrogens with zero attached hydrogens (tertiary/aromatic N) is 6. The molecular weight excluding hydrogens is 1240 g/mol. The molecule has 29 heteroatoms. The topological polar surface area (TPSA) is 313 Å². The zero-order chi connectivity index (χ0) is 62.1. The minimum Gasteiger partial charge on any atom is -0.477 e. The Morgan fingerprint density at radius 2 is 0.989 bits per heavy atom. The molecule has 468 valence electrons. The summed E-state index contributed by atoms with van der Waals surface area (Å²) in [4.78, 5) is 103. The maximum Gasteiger partial charge on any atom is 0.345 e. The molecular formula is C60H60Cl2F4N12O9S2. The molecule has 89 heavy (non-hydrogen) atoms. The van der Waals surface area contributed by atoms with Gasteiger partial charge in [-0.15, -0.1) is 22.7 Å². The van der Waals surface area contributed by atoms with Crippen molar-refractivity contribution < 1.29 is 61.0 Å². The van der Waals surface area contributed by atoms with E-state index in [0.717, 1.165) is 50.0 Å². The lowest BCUT2D eigenvalue weighted by Crippen LogP contribution is -2.44. The SMILES string of the molecule is C.C.NC(=O)c1nn(CC(=O)N2C[C@H](F)C[C@H]2C(=O)Nc2cccc(-c3ccccc3Cl)c2F)c2cc(C(=O)NC3CC3)sc12.NC(=O)c1nn(CC(=O)N2C[C@H](F)C[C@H]2C(=O)Nc2cccc(-c3ccccc3Cl)c2F)c2cc(C(=O)O)sc12.NC1CC1. The number of benzene rings is 4. The molecule has 10 N–H and O–H groups in total. The fourth-order valence-corrected chi connectivity index (χ4v) is 12.3. The number of hydrogen-bond acceptors (Lipinski definition) is 13. The molecule has 12 rings (SSSR count). The van der Waals surface area contributed by atoms with Gasteiger partial charge in [0.15, 0.2) is 23.0 Å². The second-order valence-electron chi connectivity index (χ2n) is 20.8. The number of nitrogens with one attached hydrogen (secondary N) is 3. The van der Waals surface area contributed by atoms with Crippen molar-refractivity contribution in [2.75, 3.05) is 23.7 Å². The van der Waals surface area contributed by atoms with Gasteiger partial charge >= 0.3 is 5.97 Å². The fourth-order valence-electron chi connectivity index (χ4n) is 9.81. The number of nitrogens with two attached hydrogens (primary N) is 3. The van der Waals surface area contributed by atoms with Gasteiger partial charge in [-0.1, -0.05) is 98.7 Å². The number of alkyl halides is 2. The first-order valence-corrected chi connectivity index (χ1v) is 29.4. The molecule has 4 aromatic carbocycles. The Bertz CT molecular complexity index is 4080. The van der Waals surface area contributed by atoms with Gasteiger partial charge < -0.3 is 48.1 Å². The normalized spacial score (nSPS) is 17.5. The maximum absolute atomic E-state index is 15.4. The zero-order valence-corrected chi connectivity index (χ0v) is 48.6. The summed E-state index contributed by atoms with van der Waals surface area (Å²) < 4.78 is 62.7. The predicted octanol–water partition coefficient (Wildman–Crippen LogP) is 9.44. The van der Waals surface area contributed by atoms with Crippen LogP contribution in [0.2, 0.25) is 10.0 Å². The highest BCUT2D eigenvalue weighted by atomic mass is 35.5. The molecule has 0 spiro atoms. The summed E-state index contributed by atoms with van der Waals surface area (Å²) >= 11 is 14.2. The number of carboxylic acids is 1. The minimum absolute atomic E-state index is 0. The summed E-state index contributed by atoms with van der Waals surface area (Å²) in [5.74, 6) is -7.70. The Morgan fingerprint density at radius 3 is 1.37 bits per heavy atom. The van der Waals surface area contributed by atoms with E-state index in [-0.39, 0.29) is 95.2 Å². The second-order valence-corrected chi connectivity index (χ2v) is 23.8. The molecule has 2 saturated carbocycles. The van der Waals surface area contributed by atoms with Crippen molar-refractivity contribution in [3.05, 3.63) is 140 Å². The second kappa shape index (κ2) is 27.7. The van der Waals surface area contributed by atoms with Crippen LogP contribution in [0, 0.1) is 11.6 Å². The van der Waals surface area contributed by atoms with Gasteiger partial charge in [-0.3, -0.25) is 42.9 Å². The summed E-state index contributed by atoms with van der Waals surface area (Å²) in [7, 11) is 0. The number of aromatic carboxylic acids is 1. The van der Waals surface area contributed by atoms with Gasteiger partial charge in [-0.05, 0) is 62.1 Å². The summed E-state index contributed by atoms with van der Waals surface area (Å²) in [6, 6.07) is 23.1. The summed E-state index contributed by atoms with van der Waals surface area (Å²) in [6.07, 6.45) is 0.714. The number of hydrogen-bond donors (Lipinski definition) is 7.